The lowest BCUT2D eigenvalue weighted by atomic mass is 10.1. The fourth-order valence-corrected chi connectivity index (χ4v) is 3.49. The Balaban J connectivity index is 1.82. The van der Waals surface area contributed by atoms with Gasteiger partial charge in [0.05, 0.1) is 11.2 Å². The number of benzene rings is 2. The van der Waals surface area contributed by atoms with Crippen LogP contribution in [0.5, 0.6) is 0 Å². The van der Waals surface area contributed by atoms with Crippen LogP contribution in [0.25, 0.3) is 10.9 Å². The van der Waals surface area contributed by atoms with Gasteiger partial charge < -0.3 is 0 Å². The summed E-state index contributed by atoms with van der Waals surface area (Å²) in [7, 11) is 0. The predicted octanol–water partition coefficient (Wildman–Crippen LogP) is 4.77. The highest BCUT2D eigenvalue weighted by Crippen LogP contribution is 2.31. The molecule has 126 valence electrons. The Morgan fingerprint density at radius 1 is 1.08 bits per heavy atom. The van der Waals surface area contributed by atoms with Crippen molar-refractivity contribution in [3.8, 4) is 0 Å². The number of amides is 1. The topological polar surface area (TPSA) is 33.2 Å². The van der Waals surface area contributed by atoms with Crippen molar-refractivity contribution in [3.05, 3.63) is 65.5 Å². The van der Waals surface area contributed by atoms with Gasteiger partial charge in [0.25, 0.3) is 0 Å². The molecule has 0 aliphatic heterocycles. The van der Waals surface area contributed by atoms with Gasteiger partial charge in [0.2, 0.25) is 5.91 Å². The number of aryl methyl sites for hydroxylation is 2. The predicted molar refractivity (Wildman–Crippen MR) is 98.0 cm³/mol. The van der Waals surface area contributed by atoms with Gasteiger partial charge in [-0.1, -0.05) is 6.07 Å². The van der Waals surface area contributed by atoms with E-state index in [2.05, 4.69) is 11.1 Å². The van der Waals surface area contributed by atoms with Gasteiger partial charge in [-0.15, -0.1) is 11.6 Å². The Morgan fingerprint density at radius 2 is 1.92 bits per heavy atom. The van der Waals surface area contributed by atoms with Crippen LogP contribution in [0.4, 0.5) is 15.9 Å². The van der Waals surface area contributed by atoms with E-state index in [1.807, 2.05) is 12.1 Å². The van der Waals surface area contributed by atoms with E-state index in [-0.39, 0.29) is 17.6 Å². The van der Waals surface area contributed by atoms with Gasteiger partial charge in [-0.2, -0.15) is 0 Å². The maximum absolute atomic E-state index is 13.4. The fourth-order valence-electron chi connectivity index (χ4n) is 3.37. The van der Waals surface area contributed by atoms with E-state index in [9.17, 15) is 9.18 Å². The van der Waals surface area contributed by atoms with Gasteiger partial charge in [0.15, 0.2) is 0 Å². The van der Waals surface area contributed by atoms with Crippen molar-refractivity contribution < 1.29 is 9.18 Å². The van der Waals surface area contributed by atoms with E-state index < -0.39 is 0 Å². The average molecular weight is 355 g/mol. The maximum atomic E-state index is 13.4. The molecule has 0 radical (unpaired) electrons. The Kier molecular flexibility index (Phi) is 4.14. The second-order valence-electron chi connectivity index (χ2n) is 6.18. The third-order valence-corrected chi connectivity index (χ3v) is 4.80. The molecule has 25 heavy (non-hydrogen) atoms. The second-order valence-corrected chi connectivity index (χ2v) is 6.44. The zero-order valence-electron chi connectivity index (χ0n) is 13.5. The van der Waals surface area contributed by atoms with Crippen molar-refractivity contribution in [1.82, 2.24) is 4.98 Å². The zero-order chi connectivity index (χ0) is 17.4. The number of anilines is 2. The monoisotopic (exact) mass is 354 g/mol. The van der Waals surface area contributed by atoms with Crippen LogP contribution in [-0.2, 0) is 17.6 Å². The molecule has 3 nitrogen and oxygen atoms in total. The second kappa shape index (κ2) is 6.45. The van der Waals surface area contributed by atoms with Crippen molar-refractivity contribution in [3.63, 3.8) is 0 Å². The highest BCUT2D eigenvalue weighted by atomic mass is 35.5. The lowest BCUT2D eigenvalue weighted by Gasteiger charge is -2.22. The molecule has 0 N–H and O–H groups in total. The number of hydrogen-bond donors (Lipinski definition) is 0. The third kappa shape index (κ3) is 2.98. The first kappa shape index (κ1) is 16.0. The largest absolute Gasteiger partial charge is 0.273 e. The summed E-state index contributed by atoms with van der Waals surface area (Å²) < 4.78 is 13.4. The smallest absolute Gasteiger partial charge is 0.247 e. The lowest BCUT2D eigenvalue weighted by Crippen LogP contribution is -2.27. The Hall–Kier alpha value is -2.46. The number of fused-ring (bicyclic) bond motifs is 2. The van der Waals surface area contributed by atoms with Crippen molar-refractivity contribution in [2.24, 2.45) is 0 Å². The number of pyridine rings is 1. The molecule has 0 bridgehead atoms. The molecule has 0 fully saturated rings. The number of carbonyl (C=O) groups is 1. The number of carbonyl (C=O) groups excluding carboxylic acids is 1. The van der Waals surface area contributed by atoms with Crippen LogP contribution in [0.2, 0.25) is 0 Å². The first-order chi connectivity index (χ1) is 12.2. The van der Waals surface area contributed by atoms with Gasteiger partial charge >= 0.3 is 0 Å². The average Bonchev–Trinajstić information content (AvgIpc) is 3.09. The molecule has 0 saturated carbocycles. The number of hydrogen-bond acceptors (Lipinski definition) is 2. The van der Waals surface area contributed by atoms with Crippen LogP contribution in [-0.4, -0.2) is 16.8 Å². The molecule has 1 aliphatic carbocycles. The number of nitrogens with zero attached hydrogens (tertiary/aromatic N) is 2. The summed E-state index contributed by atoms with van der Waals surface area (Å²) in [5.74, 6) is -0.203. The summed E-state index contributed by atoms with van der Waals surface area (Å²) in [4.78, 5) is 18.6. The van der Waals surface area contributed by atoms with E-state index in [0.29, 0.717) is 16.7 Å². The molecule has 5 heteroatoms. The Morgan fingerprint density at radius 3 is 2.76 bits per heavy atom. The van der Waals surface area contributed by atoms with Crippen molar-refractivity contribution in [2.75, 3.05) is 10.8 Å². The summed E-state index contributed by atoms with van der Waals surface area (Å²) in [5, 5.41) is 0.691. The highest BCUT2D eigenvalue weighted by Gasteiger charge is 2.21. The maximum Gasteiger partial charge on any atom is 0.247 e. The van der Waals surface area contributed by atoms with Crippen LogP contribution >= 0.6 is 11.6 Å². The number of alkyl halides is 1. The summed E-state index contributed by atoms with van der Waals surface area (Å²) in [6.07, 6.45) is 3.25. The summed E-state index contributed by atoms with van der Waals surface area (Å²) in [6, 6.07) is 13.9. The van der Waals surface area contributed by atoms with E-state index in [4.69, 9.17) is 11.6 Å². The standard InChI is InChI=1S/C20H16ClFN2O/c21-12-20(25)24(17-7-4-13-2-1-3-14(13)11-17)19-9-5-15-10-16(22)6-8-18(15)23-19/h4-11H,1-3,12H2. The van der Waals surface area contributed by atoms with Gasteiger partial charge in [0, 0.05) is 5.39 Å². The van der Waals surface area contributed by atoms with Crippen molar-refractivity contribution >= 4 is 39.9 Å². The first-order valence-electron chi connectivity index (χ1n) is 8.23. The highest BCUT2D eigenvalue weighted by molar-refractivity contribution is 6.30. The first-order valence-corrected chi connectivity index (χ1v) is 8.76. The minimum atomic E-state index is -0.311. The van der Waals surface area contributed by atoms with E-state index >= 15 is 0 Å². The summed E-state index contributed by atoms with van der Waals surface area (Å²) >= 11 is 5.83. The Labute approximate surface area is 150 Å². The number of aromatic nitrogens is 1. The fraction of sp³-hybridized carbons (Fsp3) is 0.200. The van der Waals surface area contributed by atoms with Gasteiger partial charge in [-0.05, 0) is 72.9 Å². The van der Waals surface area contributed by atoms with Gasteiger partial charge in [-0.3, -0.25) is 9.69 Å². The van der Waals surface area contributed by atoms with Crippen molar-refractivity contribution in [2.45, 2.75) is 19.3 Å². The summed E-state index contributed by atoms with van der Waals surface area (Å²) in [6.45, 7) is 0. The molecule has 0 atom stereocenters. The molecular formula is C20H16ClFN2O. The van der Waals surface area contributed by atoms with Gasteiger partial charge in [0.1, 0.15) is 17.5 Å². The molecule has 0 saturated heterocycles. The SMILES string of the molecule is O=C(CCl)N(c1ccc2c(c1)CCC2)c1ccc2cc(F)ccc2n1. The molecule has 0 unspecified atom stereocenters. The van der Waals surface area contributed by atoms with Crippen LogP contribution in [0, 0.1) is 5.82 Å². The molecular weight excluding hydrogens is 339 g/mol. The quantitative estimate of drug-likeness (QED) is 0.635. The van der Waals surface area contributed by atoms with Crippen LogP contribution < -0.4 is 4.90 Å². The third-order valence-electron chi connectivity index (χ3n) is 4.57. The molecule has 1 heterocycles. The lowest BCUT2D eigenvalue weighted by molar-refractivity contribution is -0.115. The van der Waals surface area contributed by atoms with Crippen LogP contribution in [0.15, 0.2) is 48.5 Å². The van der Waals surface area contributed by atoms with E-state index in [1.54, 1.807) is 18.2 Å². The van der Waals surface area contributed by atoms with Crippen LogP contribution in [0.3, 0.4) is 0 Å². The minimum absolute atomic E-state index is 0.139. The number of halogens is 2. The zero-order valence-corrected chi connectivity index (χ0v) is 14.3. The molecule has 1 amide bonds. The van der Waals surface area contributed by atoms with Crippen LogP contribution in [0.1, 0.15) is 17.5 Å². The molecule has 2 aromatic carbocycles. The Bertz CT molecular complexity index is 973. The van der Waals surface area contributed by atoms with E-state index in [1.165, 1.54) is 28.2 Å². The molecule has 4 rings (SSSR count). The molecule has 1 aromatic heterocycles. The minimum Gasteiger partial charge on any atom is -0.273 e. The van der Waals surface area contributed by atoms with Gasteiger partial charge in [-0.25, -0.2) is 9.37 Å². The van der Waals surface area contributed by atoms with E-state index in [0.717, 1.165) is 24.9 Å². The summed E-state index contributed by atoms with van der Waals surface area (Å²) in [5.41, 5.74) is 4.00. The normalized spacial score (nSPS) is 13.0. The van der Waals surface area contributed by atoms with Crippen molar-refractivity contribution in [1.29, 1.82) is 0 Å². The molecule has 0 spiro atoms. The molecule has 3 aromatic rings. The molecule has 1 aliphatic rings. The number of rotatable bonds is 3.